The third-order valence-corrected chi connectivity index (χ3v) is 2.99. The molecule has 1 saturated carbocycles. The molecular formula is C9H15F3. The van der Waals surface area contributed by atoms with Gasteiger partial charge < -0.3 is 0 Å². The molecule has 12 heavy (non-hydrogen) atoms. The molecule has 1 fully saturated rings. The molecule has 0 bridgehead atoms. The number of hydrogen-bond donors (Lipinski definition) is 0. The van der Waals surface area contributed by atoms with Crippen molar-refractivity contribution < 1.29 is 13.2 Å². The normalized spacial score (nSPS) is 32.2. The SMILES string of the molecule is CC(C)C(C)C1CC1C(F)(F)F. The van der Waals surface area contributed by atoms with Crippen LogP contribution in [0.15, 0.2) is 0 Å². The second-order valence-corrected chi connectivity index (χ2v) is 4.15. The summed E-state index contributed by atoms with van der Waals surface area (Å²) in [6.45, 7) is 5.88. The van der Waals surface area contributed by atoms with Gasteiger partial charge in [-0.05, 0) is 24.2 Å². The Kier molecular flexibility index (Phi) is 2.41. The first-order chi connectivity index (χ1) is 5.34. The standard InChI is InChI=1S/C9H15F3/c1-5(2)6(3)7-4-8(7)9(10,11)12/h5-8H,4H2,1-3H3. The number of alkyl halides is 3. The predicted molar refractivity (Wildman–Crippen MR) is 41.7 cm³/mol. The second kappa shape index (κ2) is 2.93. The molecule has 0 saturated heterocycles. The molecule has 3 heteroatoms. The van der Waals surface area contributed by atoms with Gasteiger partial charge in [0.1, 0.15) is 0 Å². The average Bonchev–Trinajstić information content (AvgIpc) is 2.61. The Morgan fingerprint density at radius 1 is 1.17 bits per heavy atom. The first kappa shape index (κ1) is 9.87. The largest absolute Gasteiger partial charge is 0.392 e. The predicted octanol–water partition coefficient (Wildman–Crippen LogP) is 3.48. The zero-order valence-corrected chi connectivity index (χ0v) is 7.65. The Labute approximate surface area is 71.1 Å². The highest BCUT2D eigenvalue weighted by Gasteiger charge is 2.57. The van der Waals surface area contributed by atoms with Crippen molar-refractivity contribution in [1.82, 2.24) is 0 Å². The van der Waals surface area contributed by atoms with Crippen LogP contribution in [-0.4, -0.2) is 6.18 Å². The molecule has 0 amide bonds. The third kappa shape index (κ3) is 1.93. The highest BCUT2D eigenvalue weighted by atomic mass is 19.4. The molecule has 0 aromatic rings. The van der Waals surface area contributed by atoms with Crippen LogP contribution in [0.5, 0.6) is 0 Å². The van der Waals surface area contributed by atoms with Gasteiger partial charge in [-0.25, -0.2) is 0 Å². The summed E-state index contributed by atoms with van der Waals surface area (Å²) < 4.78 is 36.3. The number of hydrogen-bond acceptors (Lipinski definition) is 0. The van der Waals surface area contributed by atoms with Crippen LogP contribution < -0.4 is 0 Å². The molecule has 1 rings (SSSR count). The van der Waals surface area contributed by atoms with Crippen LogP contribution in [0.1, 0.15) is 27.2 Å². The molecule has 1 aliphatic carbocycles. The molecule has 0 N–H and O–H groups in total. The van der Waals surface area contributed by atoms with Crippen molar-refractivity contribution in [2.45, 2.75) is 33.4 Å². The Balaban J connectivity index is 2.42. The highest BCUT2D eigenvalue weighted by Crippen LogP contribution is 2.54. The second-order valence-electron chi connectivity index (χ2n) is 4.15. The third-order valence-electron chi connectivity index (χ3n) is 2.99. The van der Waals surface area contributed by atoms with E-state index in [2.05, 4.69) is 0 Å². The van der Waals surface area contributed by atoms with E-state index in [1.807, 2.05) is 20.8 Å². The molecule has 0 radical (unpaired) electrons. The zero-order valence-electron chi connectivity index (χ0n) is 7.65. The molecule has 0 nitrogen and oxygen atoms in total. The van der Waals surface area contributed by atoms with Crippen molar-refractivity contribution in [2.24, 2.45) is 23.7 Å². The van der Waals surface area contributed by atoms with Crippen molar-refractivity contribution >= 4 is 0 Å². The van der Waals surface area contributed by atoms with Crippen molar-refractivity contribution in [3.63, 3.8) is 0 Å². The summed E-state index contributed by atoms with van der Waals surface area (Å²) in [6.07, 6.45) is -3.60. The fourth-order valence-corrected chi connectivity index (χ4v) is 1.67. The van der Waals surface area contributed by atoms with E-state index in [9.17, 15) is 13.2 Å². The molecule has 1 aliphatic rings. The number of rotatable bonds is 2. The Morgan fingerprint density at radius 2 is 1.67 bits per heavy atom. The van der Waals surface area contributed by atoms with E-state index in [1.54, 1.807) is 0 Å². The lowest BCUT2D eigenvalue weighted by Gasteiger charge is -2.15. The van der Waals surface area contributed by atoms with Crippen LogP contribution in [0.2, 0.25) is 0 Å². The van der Waals surface area contributed by atoms with E-state index < -0.39 is 12.1 Å². The Morgan fingerprint density at radius 3 is 1.92 bits per heavy atom. The maximum atomic E-state index is 12.1. The summed E-state index contributed by atoms with van der Waals surface area (Å²) in [5, 5.41) is 0. The summed E-state index contributed by atoms with van der Waals surface area (Å²) in [7, 11) is 0. The van der Waals surface area contributed by atoms with Crippen LogP contribution in [0.25, 0.3) is 0 Å². The lowest BCUT2D eigenvalue weighted by Crippen LogP contribution is -2.16. The summed E-state index contributed by atoms with van der Waals surface area (Å²) >= 11 is 0. The molecule has 3 atom stereocenters. The van der Waals surface area contributed by atoms with Crippen molar-refractivity contribution in [1.29, 1.82) is 0 Å². The zero-order chi connectivity index (χ0) is 9.52. The molecule has 0 aromatic heterocycles. The van der Waals surface area contributed by atoms with Gasteiger partial charge in [0, 0.05) is 0 Å². The molecule has 0 heterocycles. The minimum atomic E-state index is -3.95. The Bertz CT molecular complexity index is 160. The van der Waals surface area contributed by atoms with E-state index in [0.29, 0.717) is 12.3 Å². The molecule has 0 aromatic carbocycles. The van der Waals surface area contributed by atoms with Gasteiger partial charge >= 0.3 is 6.18 Å². The van der Waals surface area contributed by atoms with Gasteiger partial charge in [0.25, 0.3) is 0 Å². The molecular weight excluding hydrogens is 165 g/mol. The summed E-state index contributed by atoms with van der Waals surface area (Å²) in [5.74, 6) is -0.543. The first-order valence-corrected chi connectivity index (χ1v) is 4.40. The smallest absolute Gasteiger partial charge is 0.171 e. The first-order valence-electron chi connectivity index (χ1n) is 4.40. The molecule has 3 unspecified atom stereocenters. The van der Waals surface area contributed by atoms with Gasteiger partial charge in [0.05, 0.1) is 5.92 Å². The van der Waals surface area contributed by atoms with Crippen molar-refractivity contribution in [3.8, 4) is 0 Å². The van der Waals surface area contributed by atoms with Crippen LogP contribution >= 0.6 is 0 Å². The van der Waals surface area contributed by atoms with Gasteiger partial charge in [0.2, 0.25) is 0 Å². The van der Waals surface area contributed by atoms with E-state index in [-0.39, 0.29) is 11.8 Å². The van der Waals surface area contributed by atoms with E-state index in [1.165, 1.54) is 0 Å². The van der Waals surface area contributed by atoms with Crippen LogP contribution in [-0.2, 0) is 0 Å². The van der Waals surface area contributed by atoms with Crippen LogP contribution in [0.3, 0.4) is 0 Å². The topological polar surface area (TPSA) is 0 Å². The van der Waals surface area contributed by atoms with Crippen LogP contribution in [0.4, 0.5) is 13.2 Å². The fourth-order valence-electron chi connectivity index (χ4n) is 1.67. The van der Waals surface area contributed by atoms with E-state index >= 15 is 0 Å². The molecule has 0 spiro atoms. The maximum Gasteiger partial charge on any atom is 0.392 e. The van der Waals surface area contributed by atoms with Crippen molar-refractivity contribution in [3.05, 3.63) is 0 Å². The lowest BCUT2D eigenvalue weighted by molar-refractivity contribution is -0.152. The number of halogens is 3. The average molecular weight is 180 g/mol. The maximum absolute atomic E-state index is 12.1. The van der Waals surface area contributed by atoms with Gasteiger partial charge in [-0.1, -0.05) is 20.8 Å². The van der Waals surface area contributed by atoms with Gasteiger partial charge in [-0.3, -0.25) is 0 Å². The van der Waals surface area contributed by atoms with Gasteiger partial charge in [-0.15, -0.1) is 0 Å². The lowest BCUT2D eigenvalue weighted by atomic mass is 9.92. The van der Waals surface area contributed by atoms with E-state index in [0.717, 1.165) is 0 Å². The highest BCUT2D eigenvalue weighted by molar-refractivity contribution is 4.94. The van der Waals surface area contributed by atoms with Crippen molar-refractivity contribution in [2.75, 3.05) is 0 Å². The summed E-state index contributed by atoms with van der Waals surface area (Å²) in [4.78, 5) is 0. The summed E-state index contributed by atoms with van der Waals surface area (Å²) in [6, 6.07) is 0. The minimum absolute atomic E-state index is 0.106. The van der Waals surface area contributed by atoms with E-state index in [4.69, 9.17) is 0 Å². The summed E-state index contributed by atoms with van der Waals surface area (Å²) in [5.41, 5.74) is 0. The molecule has 72 valence electrons. The van der Waals surface area contributed by atoms with Crippen LogP contribution in [0, 0.1) is 23.7 Å². The van der Waals surface area contributed by atoms with Gasteiger partial charge in [0.15, 0.2) is 0 Å². The monoisotopic (exact) mass is 180 g/mol. The quantitative estimate of drug-likeness (QED) is 0.610. The Hall–Kier alpha value is -0.210. The molecule has 0 aliphatic heterocycles. The fraction of sp³-hybridized carbons (Fsp3) is 1.00. The van der Waals surface area contributed by atoms with Gasteiger partial charge in [-0.2, -0.15) is 13.2 Å². The minimum Gasteiger partial charge on any atom is -0.171 e.